The second-order valence-electron chi connectivity index (χ2n) is 7.71. The SMILES string of the molecule is CN1CCN(c2ccc(C(=O)Nc3ccc(-c4nc5ccccc5o4)cc3)cn2)CC1. The highest BCUT2D eigenvalue weighted by Gasteiger charge is 2.16. The Kier molecular flexibility index (Phi) is 5.09. The van der Waals surface area contributed by atoms with Gasteiger partial charge in [-0.1, -0.05) is 12.1 Å². The summed E-state index contributed by atoms with van der Waals surface area (Å²) < 4.78 is 5.80. The number of nitrogens with zero attached hydrogens (tertiary/aromatic N) is 4. The van der Waals surface area contributed by atoms with Gasteiger partial charge in [-0.05, 0) is 55.6 Å². The number of carbonyl (C=O) groups excluding carboxylic acids is 1. The maximum absolute atomic E-state index is 12.6. The number of para-hydroxylation sites is 2. The van der Waals surface area contributed by atoms with E-state index in [0.29, 0.717) is 17.1 Å². The Balaban J connectivity index is 1.25. The molecule has 1 aliphatic rings. The number of aromatic nitrogens is 2. The minimum Gasteiger partial charge on any atom is -0.436 e. The molecule has 1 saturated heterocycles. The van der Waals surface area contributed by atoms with Gasteiger partial charge < -0.3 is 19.5 Å². The van der Waals surface area contributed by atoms with Crippen molar-refractivity contribution >= 4 is 28.5 Å². The van der Waals surface area contributed by atoms with Crippen LogP contribution in [0.5, 0.6) is 0 Å². The van der Waals surface area contributed by atoms with Gasteiger partial charge in [0.2, 0.25) is 5.89 Å². The van der Waals surface area contributed by atoms with E-state index in [2.05, 4.69) is 32.1 Å². The Hall–Kier alpha value is -3.71. The summed E-state index contributed by atoms with van der Waals surface area (Å²) in [6.45, 7) is 3.93. The van der Waals surface area contributed by atoms with Gasteiger partial charge in [0.05, 0.1) is 5.56 Å². The smallest absolute Gasteiger partial charge is 0.257 e. The van der Waals surface area contributed by atoms with Crippen LogP contribution in [0.4, 0.5) is 11.5 Å². The topological polar surface area (TPSA) is 74.5 Å². The van der Waals surface area contributed by atoms with Crippen molar-refractivity contribution in [2.75, 3.05) is 43.4 Å². The van der Waals surface area contributed by atoms with Crippen molar-refractivity contribution in [2.45, 2.75) is 0 Å². The molecule has 0 unspecified atom stereocenters. The number of oxazole rings is 1. The van der Waals surface area contributed by atoms with Crippen molar-refractivity contribution < 1.29 is 9.21 Å². The minimum atomic E-state index is -0.188. The fourth-order valence-corrected chi connectivity index (χ4v) is 3.64. The number of carbonyl (C=O) groups is 1. The fraction of sp³-hybridized carbons (Fsp3) is 0.208. The first-order valence-electron chi connectivity index (χ1n) is 10.3. The Labute approximate surface area is 180 Å². The lowest BCUT2D eigenvalue weighted by molar-refractivity contribution is 0.102. The van der Waals surface area contributed by atoms with Crippen LogP contribution in [-0.4, -0.2) is 54.0 Å². The van der Waals surface area contributed by atoms with Crippen molar-refractivity contribution in [1.82, 2.24) is 14.9 Å². The highest BCUT2D eigenvalue weighted by molar-refractivity contribution is 6.04. The van der Waals surface area contributed by atoms with Gasteiger partial charge in [-0.25, -0.2) is 9.97 Å². The lowest BCUT2D eigenvalue weighted by Gasteiger charge is -2.33. The summed E-state index contributed by atoms with van der Waals surface area (Å²) in [5.41, 5.74) is 3.66. The van der Waals surface area contributed by atoms with Crippen molar-refractivity contribution in [3.63, 3.8) is 0 Å². The standard InChI is InChI=1S/C24H23N5O2/c1-28-12-14-29(15-13-28)22-11-8-18(16-25-22)23(30)26-19-9-6-17(7-10-19)24-27-20-4-2-3-5-21(20)31-24/h2-11,16H,12-15H2,1H3,(H,26,30). The summed E-state index contributed by atoms with van der Waals surface area (Å²) in [4.78, 5) is 26.2. The molecule has 0 aliphatic carbocycles. The molecule has 1 N–H and O–H groups in total. The molecule has 1 fully saturated rings. The first-order chi connectivity index (χ1) is 15.2. The van der Waals surface area contributed by atoms with Gasteiger partial charge in [0.1, 0.15) is 11.3 Å². The van der Waals surface area contributed by atoms with Gasteiger partial charge in [-0.3, -0.25) is 4.79 Å². The molecule has 1 aliphatic heterocycles. The maximum atomic E-state index is 12.6. The number of hydrogen-bond donors (Lipinski definition) is 1. The second kappa shape index (κ2) is 8.20. The van der Waals surface area contributed by atoms with Crippen molar-refractivity contribution in [2.24, 2.45) is 0 Å². The van der Waals surface area contributed by atoms with Crippen molar-refractivity contribution in [1.29, 1.82) is 0 Å². The zero-order valence-corrected chi connectivity index (χ0v) is 17.3. The molecule has 156 valence electrons. The maximum Gasteiger partial charge on any atom is 0.257 e. The molecule has 31 heavy (non-hydrogen) atoms. The molecule has 2 aromatic heterocycles. The van der Waals surface area contributed by atoms with Gasteiger partial charge in [0.25, 0.3) is 5.91 Å². The summed E-state index contributed by atoms with van der Waals surface area (Å²) in [6.07, 6.45) is 1.63. The number of fused-ring (bicyclic) bond motifs is 1. The molecule has 2 aromatic carbocycles. The first-order valence-corrected chi connectivity index (χ1v) is 10.3. The van der Waals surface area contributed by atoms with Crippen LogP contribution in [0, 0.1) is 0 Å². The predicted octanol–water partition coefficient (Wildman–Crippen LogP) is 3.89. The van der Waals surface area contributed by atoms with E-state index < -0.39 is 0 Å². The average Bonchev–Trinajstić information content (AvgIpc) is 3.24. The molecule has 7 nitrogen and oxygen atoms in total. The highest BCUT2D eigenvalue weighted by Crippen LogP contribution is 2.25. The van der Waals surface area contributed by atoms with E-state index in [1.54, 1.807) is 6.20 Å². The van der Waals surface area contributed by atoms with Crippen LogP contribution < -0.4 is 10.2 Å². The van der Waals surface area contributed by atoms with E-state index in [0.717, 1.165) is 48.7 Å². The van der Waals surface area contributed by atoms with Gasteiger partial charge in [-0.15, -0.1) is 0 Å². The van der Waals surface area contributed by atoms with E-state index in [-0.39, 0.29) is 5.91 Å². The molecule has 0 saturated carbocycles. The van der Waals surface area contributed by atoms with E-state index in [9.17, 15) is 4.79 Å². The average molecular weight is 413 g/mol. The summed E-state index contributed by atoms with van der Waals surface area (Å²) in [5, 5.41) is 2.92. The monoisotopic (exact) mass is 413 g/mol. The third-order valence-corrected chi connectivity index (χ3v) is 5.52. The summed E-state index contributed by atoms with van der Waals surface area (Å²) in [7, 11) is 2.12. The molecule has 0 spiro atoms. The Morgan fingerprint density at radius 2 is 1.74 bits per heavy atom. The van der Waals surface area contributed by atoms with E-state index in [1.165, 1.54) is 0 Å². The quantitative estimate of drug-likeness (QED) is 0.547. The Morgan fingerprint density at radius 3 is 2.45 bits per heavy atom. The molecule has 1 amide bonds. The number of nitrogens with one attached hydrogen (secondary N) is 1. The van der Waals surface area contributed by atoms with Crippen LogP contribution in [-0.2, 0) is 0 Å². The predicted molar refractivity (Wildman–Crippen MR) is 121 cm³/mol. The fourth-order valence-electron chi connectivity index (χ4n) is 3.64. The zero-order valence-electron chi connectivity index (χ0n) is 17.3. The molecular formula is C24H23N5O2. The zero-order chi connectivity index (χ0) is 21.2. The number of hydrogen-bond acceptors (Lipinski definition) is 6. The Bertz CT molecular complexity index is 1160. The van der Waals surface area contributed by atoms with E-state index in [1.807, 2.05) is 60.7 Å². The van der Waals surface area contributed by atoms with Crippen LogP contribution in [0.2, 0.25) is 0 Å². The summed E-state index contributed by atoms with van der Waals surface area (Å²) in [5.74, 6) is 1.28. The summed E-state index contributed by atoms with van der Waals surface area (Å²) in [6, 6.07) is 18.8. The number of rotatable bonds is 4. The van der Waals surface area contributed by atoms with Crippen molar-refractivity contribution in [3.8, 4) is 11.5 Å². The number of pyridine rings is 1. The number of amides is 1. The highest BCUT2D eigenvalue weighted by atomic mass is 16.3. The van der Waals surface area contributed by atoms with Crippen LogP contribution >= 0.6 is 0 Å². The number of anilines is 2. The van der Waals surface area contributed by atoms with Crippen LogP contribution in [0.1, 0.15) is 10.4 Å². The van der Waals surface area contributed by atoms with Crippen LogP contribution in [0.25, 0.3) is 22.6 Å². The third kappa shape index (κ3) is 4.13. The van der Waals surface area contributed by atoms with E-state index in [4.69, 9.17) is 4.42 Å². The summed E-state index contributed by atoms with van der Waals surface area (Å²) >= 11 is 0. The van der Waals surface area contributed by atoms with Gasteiger partial charge in [0, 0.05) is 43.6 Å². The lowest BCUT2D eigenvalue weighted by Crippen LogP contribution is -2.44. The first kappa shape index (κ1) is 19.3. The minimum absolute atomic E-state index is 0.188. The molecular weight excluding hydrogens is 390 g/mol. The van der Waals surface area contributed by atoms with Crippen molar-refractivity contribution in [3.05, 3.63) is 72.4 Å². The molecule has 0 atom stereocenters. The largest absolute Gasteiger partial charge is 0.436 e. The van der Waals surface area contributed by atoms with Gasteiger partial charge in [-0.2, -0.15) is 0 Å². The molecule has 3 heterocycles. The Morgan fingerprint density at radius 1 is 0.968 bits per heavy atom. The number of piperazine rings is 1. The molecule has 4 aromatic rings. The van der Waals surface area contributed by atoms with E-state index >= 15 is 0 Å². The molecule has 7 heteroatoms. The normalized spacial score (nSPS) is 14.7. The second-order valence-corrected chi connectivity index (χ2v) is 7.71. The molecule has 5 rings (SSSR count). The van der Waals surface area contributed by atoms with Crippen LogP contribution in [0.3, 0.4) is 0 Å². The number of likely N-dealkylation sites (N-methyl/N-ethyl adjacent to an activating group) is 1. The third-order valence-electron chi connectivity index (χ3n) is 5.52. The lowest BCUT2D eigenvalue weighted by atomic mass is 10.2. The van der Waals surface area contributed by atoms with Gasteiger partial charge >= 0.3 is 0 Å². The number of benzene rings is 2. The molecule has 0 bridgehead atoms. The molecule has 0 radical (unpaired) electrons. The van der Waals surface area contributed by atoms with Crippen LogP contribution in [0.15, 0.2) is 71.3 Å². The van der Waals surface area contributed by atoms with Gasteiger partial charge in [0.15, 0.2) is 5.58 Å².